The first-order chi connectivity index (χ1) is 17.1. The number of carbonyl (C=O) groups excluding carboxylic acids is 2. The van der Waals surface area contributed by atoms with E-state index >= 15 is 0 Å². The highest BCUT2D eigenvalue weighted by Gasteiger charge is 2.21. The first-order valence-electron chi connectivity index (χ1n) is 11.4. The van der Waals surface area contributed by atoms with Gasteiger partial charge in [0.15, 0.2) is 0 Å². The van der Waals surface area contributed by atoms with Gasteiger partial charge in [0.2, 0.25) is 11.8 Å². The second-order valence-corrected chi connectivity index (χ2v) is 9.06. The minimum atomic E-state index is -2.36. The molecule has 3 amide bonds. The Bertz CT molecular complexity index is 1110. The number of hydrogen-bond donors (Lipinski definition) is 5. The van der Waals surface area contributed by atoms with Crippen molar-refractivity contribution in [1.82, 2.24) is 16.0 Å². The Balaban J connectivity index is 2.04. The molecule has 2 aromatic carbocycles. The third-order valence-corrected chi connectivity index (χ3v) is 6.20. The van der Waals surface area contributed by atoms with Gasteiger partial charge in [-0.25, -0.2) is 9.00 Å². The van der Waals surface area contributed by atoms with Crippen molar-refractivity contribution in [3.8, 4) is 0 Å². The van der Waals surface area contributed by atoms with E-state index in [4.69, 9.17) is 5.11 Å². The number of anilines is 2. The predicted octanol–water partition coefficient (Wildman–Crippen LogP) is 2.07. The van der Waals surface area contributed by atoms with E-state index in [1.54, 1.807) is 12.1 Å². The molecular formula is C24H33N5O6S. The fraction of sp³-hybridized carbons (Fsp3) is 0.375. The van der Waals surface area contributed by atoms with Crippen molar-refractivity contribution in [2.24, 2.45) is 0 Å². The summed E-state index contributed by atoms with van der Waals surface area (Å²) in [6.07, 6.45) is 1.10. The van der Waals surface area contributed by atoms with Gasteiger partial charge in [0.1, 0.15) is 6.04 Å². The maximum atomic E-state index is 12.6. The van der Waals surface area contributed by atoms with E-state index in [1.165, 1.54) is 4.31 Å². The Hall–Kier alpha value is -3.64. The largest absolute Gasteiger partial charge is 0.465 e. The summed E-state index contributed by atoms with van der Waals surface area (Å²) in [6.45, 7) is 3.78. The van der Waals surface area contributed by atoms with Gasteiger partial charge in [-0.05, 0) is 37.5 Å². The number of nitrogens with one attached hydrogen (secondary N) is 3. The van der Waals surface area contributed by atoms with Crippen LogP contribution in [0.5, 0.6) is 0 Å². The van der Waals surface area contributed by atoms with Gasteiger partial charge in [-0.15, -0.1) is 0 Å². The highest BCUT2D eigenvalue weighted by atomic mass is 32.2. The summed E-state index contributed by atoms with van der Waals surface area (Å²) in [5.74, 6) is -0.841. The smallest absolute Gasteiger partial charge is 0.405 e. The number of carbonyl (C=O) groups is 3. The van der Waals surface area contributed by atoms with Crippen molar-refractivity contribution in [1.29, 1.82) is 0 Å². The van der Waals surface area contributed by atoms with Gasteiger partial charge in [-0.3, -0.25) is 18.4 Å². The Kier molecular flexibility index (Phi) is 11.2. The highest BCUT2D eigenvalue weighted by Crippen LogP contribution is 2.33. The molecule has 2 aromatic rings. The van der Waals surface area contributed by atoms with Crippen LogP contribution < -0.4 is 25.2 Å². The second kappa shape index (κ2) is 14.0. The third kappa shape index (κ3) is 8.24. The van der Waals surface area contributed by atoms with Gasteiger partial charge in [-0.1, -0.05) is 30.8 Å². The van der Waals surface area contributed by atoms with Crippen molar-refractivity contribution < 1.29 is 28.3 Å². The van der Waals surface area contributed by atoms with Gasteiger partial charge in [-0.2, -0.15) is 0 Å². The molecule has 0 fully saturated rings. The molecule has 12 heteroatoms. The molecule has 0 saturated carbocycles. The van der Waals surface area contributed by atoms with Gasteiger partial charge in [0, 0.05) is 43.6 Å². The standard InChI is InChI=1S/C24H33N5O6S/c1-4-22(30)25-14-6-5-11-19(27-24(32)33)23(31)26-15-16-29(36(34)35)21-13-8-9-17-18(21)10-7-12-20(17)28(2)3/h4,7-10,12-13,19,27H,1,5-6,11,14-16H2,2-3H3,(H,25,30)(H,26,31)(H,32,33)(H,34,35). The van der Waals surface area contributed by atoms with E-state index < -0.39 is 29.3 Å². The van der Waals surface area contributed by atoms with Crippen LogP contribution in [0.3, 0.4) is 0 Å². The number of fused-ring (bicyclic) bond motifs is 1. The molecule has 0 heterocycles. The normalized spacial score (nSPS) is 12.3. The van der Waals surface area contributed by atoms with Crippen LogP contribution in [-0.2, 0) is 20.9 Å². The van der Waals surface area contributed by atoms with Crippen molar-refractivity contribution in [2.75, 3.05) is 42.9 Å². The lowest BCUT2D eigenvalue weighted by Gasteiger charge is -2.24. The zero-order valence-corrected chi connectivity index (χ0v) is 21.2. The molecule has 2 atom stereocenters. The van der Waals surface area contributed by atoms with Crippen LogP contribution in [0.15, 0.2) is 49.1 Å². The van der Waals surface area contributed by atoms with E-state index in [2.05, 4.69) is 22.5 Å². The van der Waals surface area contributed by atoms with Crippen LogP contribution in [0.1, 0.15) is 19.3 Å². The van der Waals surface area contributed by atoms with Crippen molar-refractivity contribution in [3.05, 3.63) is 49.1 Å². The van der Waals surface area contributed by atoms with Crippen LogP contribution in [0.2, 0.25) is 0 Å². The lowest BCUT2D eigenvalue weighted by atomic mass is 10.1. The van der Waals surface area contributed by atoms with E-state index in [0.29, 0.717) is 25.1 Å². The first-order valence-corrected chi connectivity index (χ1v) is 12.5. The molecule has 0 aliphatic heterocycles. The van der Waals surface area contributed by atoms with Crippen LogP contribution in [0, 0.1) is 0 Å². The summed E-state index contributed by atoms with van der Waals surface area (Å²) in [4.78, 5) is 36.9. The van der Waals surface area contributed by atoms with Crippen molar-refractivity contribution in [3.63, 3.8) is 0 Å². The fourth-order valence-corrected chi connectivity index (χ4v) is 4.32. The lowest BCUT2D eigenvalue weighted by molar-refractivity contribution is -0.123. The number of hydrogen-bond acceptors (Lipinski definition) is 5. The summed E-state index contributed by atoms with van der Waals surface area (Å²) < 4.78 is 23.4. The number of carboxylic acid groups (broad SMARTS) is 1. The molecule has 0 saturated heterocycles. The highest BCUT2D eigenvalue weighted by molar-refractivity contribution is 7.80. The SMILES string of the molecule is C=CC(=O)NCCCCC(NC(=O)O)C(=O)NCCN(c1cccc2c(N(C)C)cccc12)S(=O)O. The number of nitrogens with zero attached hydrogens (tertiary/aromatic N) is 2. The van der Waals surface area contributed by atoms with Gasteiger partial charge < -0.3 is 26.0 Å². The molecule has 36 heavy (non-hydrogen) atoms. The lowest BCUT2D eigenvalue weighted by Crippen LogP contribution is -2.48. The quantitative estimate of drug-likeness (QED) is 0.146. The fourth-order valence-electron chi connectivity index (χ4n) is 3.75. The van der Waals surface area contributed by atoms with Crippen LogP contribution >= 0.6 is 0 Å². The maximum absolute atomic E-state index is 12.6. The zero-order valence-electron chi connectivity index (χ0n) is 20.4. The Morgan fingerprint density at radius 3 is 2.25 bits per heavy atom. The Morgan fingerprint density at radius 1 is 1.03 bits per heavy atom. The van der Waals surface area contributed by atoms with Crippen LogP contribution in [0.25, 0.3) is 10.8 Å². The summed E-state index contributed by atoms with van der Waals surface area (Å²) in [5, 5.41) is 18.2. The first kappa shape index (κ1) is 28.6. The molecule has 2 unspecified atom stereocenters. The molecular weight excluding hydrogens is 486 g/mol. The molecule has 0 aromatic heterocycles. The minimum Gasteiger partial charge on any atom is -0.465 e. The van der Waals surface area contributed by atoms with Crippen molar-refractivity contribution in [2.45, 2.75) is 25.3 Å². The zero-order chi connectivity index (χ0) is 26.7. The summed E-state index contributed by atoms with van der Waals surface area (Å²) in [5.41, 5.74) is 1.49. The Labute approximate surface area is 212 Å². The average molecular weight is 520 g/mol. The molecule has 0 radical (unpaired) electrons. The number of rotatable bonds is 14. The molecule has 0 aliphatic carbocycles. The summed E-state index contributed by atoms with van der Waals surface area (Å²) >= 11 is -2.36. The minimum absolute atomic E-state index is 0.0160. The van der Waals surface area contributed by atoms with Gasteiger partial charge in [0.25, 0.3) is 11.3 Å². The number of amides is 3. The van der Waals surface area contributed by atoms with Crippen LogP contribution in [0.4, 0.5) is 16.2 Å². The molecule has 2 rings (SSSR count). The molecule has 196 valence electrons. The summed E-state index contributed by atoms with van der Waals surface area (Å²) in [7, 11) is 3.83. The van der Waals surface area contributed by atoms with E-state index in [-0.39, 0.29) is 25.4 Å². The molecule has 0 aliphatic rings. The predicted molar refractivity (Wildman–Crippen MR) is 141 cm³/mol. The van der Waals surface area contributed by atoms with E-state index in [0.717, 1.165) is 22.5 Å². The molecule has 0 bridgehead atoms. The topological polar surface area (TPSA) is 151 Å². The number of unbranched alkanes of at least 4 members (excludes halogenated alkanes) is 1. The Morgan fingerprint density at radius 2 is 1.67 bits per heavy atom. The monoisotopic (exact) mass is 519 g/mol. The average Bonchev–Trinajstić information content (AvgIpc) is 2.84. The maximum Gasteiger partial charge on any atom is 0.405 e. The number of benzene rings is 2. The van der Waals surface area contributed by atoms with Gasteiger partial charge >= 0.3 is 6.09 Å². The van der Waals surface area contributed by atoms with Gasteiger partial charge in [0.05, 0.1) is 12.2 Å². The molecule has 0 spiro atoms. The molecule has 5 N–H and O–H groups in total. The van der Waals surface area contributed by atoms with Crippen LogP contribution in [-0.4, -0.2) is 71.5 Å². The van der Waals surface area contributed by atoms with E-state index in [9.17, 15) is 23.1 Å². The van der Waals surface area contributed by atoms with Crippen molar-refractivity contribution >= 4 is 51.3 Å². The summed E-state index contributed by atoms with van der Waals surface area (Å²) in [6, 6.07) is 10.2. The third-order valence-electron chi connectivity index (χ3n) is 5.45. The van der Waals surface area contributed by atoms with E-state index in [1.807, 2.05) is 43.3 Å². The molecule has 11 nitrogen and oxygen atoms in total. The second-order valence-electron chi connectivity index (χ2n) is 8.16.